The Balaban J connectivity index is 5.53. The van der Waals surface area contributed by atoms with Crippen molar-refractivity contribution in [1.82, 2.24) is 0 Å². The van der Waals surface area contributed by atoms with Crippen molar-refractivity contribution in [2.75, 3.05) is 7.11 Å². The van der Waals surface area contributed by atoms with Crippen LogP contribution in [0, 0.1) is 0 Å². The molecule has 0 aromatic carbocycles. The smallest absolute Gasteiger partial charge is 0.440 e. The van der Waals surface area contributed by atoms with E-state index in [4.69, 9.17) is 14.9 Å². The van der Waals surface area contributed by atoms with Crippen LogP contribution in [0.15, 0.2) is 0 Å². The summed E-state index contributed by atoms with van der Waals surface area (Å²) in [6, 6.07) is 0. The lowest BCUT2D eigenvalue weighted by molar-refractivity contribution is -0.237. The predicted octanol–water partition coefficient (Wildman–Crippen LogP) is -0.412. The standard InChI is InChI=1S/C4H6F3O6P/c1-13-2(8)3(9,4(5,6)7)14(10,11)12/h9H,1H3,(H2,10,11,12). The molecule has 0 fully saturated rings. The summed E-state index contributed by atoms with van der Waals surface area (Å²) in [6.07, 6.45) is -5.82. The first kappa shape index (κ1) is 13.4. The lowest BCUT2D eigenvalue weighted by Crippen LogP contribution is -2.52. The van der Waals surface area contributed by atoms with E-state index in [-0.39, 0.29) is 0 Å². The van der Waals surface area contributed by atoms with Gasteiger partial charge in [0, 0.05) is 0 Å². The summed E-state index contributed by atoms with van der Waals surface area (Å²) in [4.78, 5) is 26.9. The summed E-state index contributed by atoms with van der Waals surface area (Å²) in [5.74, 6) is -2.46. The lowest BCUT2D eigenvalue weighted by atomic mass is 10.3. The van der Waals surface area contributed by atoms with E-state index < -0.39 is 25.1 Å². The van der Waals surface area contributed by atoms with E-state index in [1.165, 1.54) is 0 Å². The van der Waals surface area contributed by atoms with Gasteiger partial charge in [-0.25, -0.2) is 4.79 Å². The fourth-order valence-electron chi connectivity index (χ4n) is 0.542. The molecule has 10 heteroatoms. The van der Waals surface area contributed by atoms with Gasteiger partial charge in [0.2, 0.25) is 0 Å². The number of esters is 1. The molecule has 14 heavy (non-hydrogen) atoms. The van der Waals surface area contributed by atoms with Gasteiger partial charge in [-0.2, -0.15) is 13.2 Å². The molecule has 0 rings (SSSR count). The van der Waals surface area contributed by atoms with Crippen molar-refractivity contribution in [1.29, 1.82) is 0 Å². The Morgan fingerprint density at radius 1 is 1.36 bits per heavy atom. The third-order valence-corrected chi connectivity index (χ3v) is 2.57. The first-order valence-corrected chi connectivity index (χ1v) is 4.53. The maximum atomic E-state index is 12.0. The molecule has 0 aliphatic carbocycles. The van der Waals surface area contributed by atoms with Gasteiger partial charge in [0.15, 0.2) is 0 Å². The van der Waals surface area contributed by atoms with Crippen LogP contribution in [-0.4, -0.2) is 39.5 Å². The topological polar surface area (TPSA) is 104 Å². The lowest BCUT2D eigenvalue weighted by Gasteiger charge is -2.27. The minimum absolute atomic E-state index is 0.453. The number of hydrogen-bond acceptors (Lipinski definition) is 4. The molecular formula is C4H6F3O6P. The Hall–Kier alpha value is -0.630. The van der Waals surface area contributed by atoms with Crippen molar-refractivity contribution >= 4 is 13.6 Å². The molecule has 0 amide bonds. The molecule has 0 aliphatic heterocycles. The van der Waals surface area contributed by atoms with E-state index >= 15 is 0 Å². The van der Waals surface area contributed by atoms with E-state index in [1.54, 1.807) is 0 Å². The highest BCUT2D eigenvalue weighted by Crippen LogP contribution is 2.57. The van der Waals surface area contributed by atoms with Gasteiger partial charge in [0.05, 0.1) is 7.11 Å². The van der Waals surface area contributed by atoms with Crippen LogP contribution in [-0.2, 0) is 14.1 Å². The molecule has 6 nitrogen and oxygen atoms in total. The number of carbonyl (C=O) groups is 1. The van der Waals surface area contributed by atoms with Crippen molar-refractivity contribution in [3.05, 3.63) is 0 Å². The average Bonchev–Trinajstić information content (AvgIpc) is 1.97. The third kappa shape index (κ3) is 1.90. The van der Waals surface area contributed by atoms with E-state index in [1.807, 2.05) is 0 Å². The molecule has 0 bridgehead atoms. The Morgan fingerprint density at radius 2 is 1.71 bits per heavy atom. The summed E-state index contributed by atoms with van der Waals surface area (Å²) in [7, 11) is -5.67. The second-order valence-corrected chi connectivity index (χ2v) is 3.94. The fourth-order valence-corrected chi connectivity index (χ4v) is 1.20. The monoisotopic (exact) mass is 238 g/mol. The van der Waals surface area contributed by atoms with Crippen LogP contribution < -0.4 is 0 Å². The highest BCUT2D eigenvalue weighted by atomic mass is 31.2. The summed E-state index contributed by atoms with van der Waals surface area (Å²) in [5.41, 5.74) is 0. The summed E-state index contributed by atoms with van der Waals surface area (Å²) in [5, 5.41) is 3.78. The van der Waals surface area contributed by atoms with Gasteiger partial charge in [-0.05, 0) is 0 Å². The van der Waals surface area contributed by atoms with Crippen molar-refractivity contribution in [2.24, 2.45) is 0 Å². The number of methoxy groups -OCH3 is 1. The number of rotatable bonds is 2. The van der Waals surface area contributed by atoms with Gasteiger partial charge in [-0.3, -0.25) is 4.57 Å². The van der Waals surface area contributed by atoms with E-state index in [0.29, 0.717) is 7.11 Å². The van der Waals surface area contributed by atoms with Gasteiger partial charge in [0.1, 0.15) is 0 Å². The Bertz CT molecular complexity index is 281. The molecule has 0 aromatic rings. The number of carbonyl (C=O) groups excluding carboxylic acids is 1. The normalized spacial score (nSPS) is 17.4. The highest BCUT2D eigenvalue weighted by Gasteiger charge is 2.72. The second kappa shape index (κ2) is 3.50. The highest BCUT2D eigenvalue weighted by molar-refractivity contribution is 7.54. The molecule has 1 unspecified atom stereocenters. The fraction of sp³-hybridized carbons (Fsp3) is 0.750. The third-order valence-electron chi connectivity index (χ3n) is 1.29. The van der Waals surface area contributed by atoms with E-state index in [0.717, 1.165) is 0 Å². The molecule has 84 valence electrons. The zero-order valence-corrected chi connectivity index (χ0v) is 7.54. The van der Waals surface area contributed by atoms with Crippen LogP contribution in [0.2, 0.25) is 0 Å². The molecule has 1 atom stereocenters. The van der Waals surface area contributed by atoms with E-state index in [2.05, 4.69) is 4.74 Å². The maximum Gasteiger partial charge on any atom is 0.440 e. The number of alkyl halides is 3. The van der Waals surface area contributed by atoms with Gasteiger partial charge in [0.25, 0.3) is 0 Å². The summed E-state index contributed by atoms with van der Waals surface area (Å²) < 4.78 is 49.8. The first-order valence-electron chi connectivity index (χ1n) is 2.91. The van der Waals surface area contributed by atoms with Gasteiger partial charge < -0.3 is 19.6 Å². The number of aliphatic hydroxyl groups is 1. The average molecular weight is 238 g/mol. The molecule has 0 aromatic heterocycles. The molecule has 0 heterocycles. The van der Waals surface area contributed by atoms with Crippen molar-refractivity contribution < 1.29 is 42.2 Å². The number of halogens is 3. The van der Waals surface area contributed by atoms with Crippen LogP contribution >= 0.6 is 7.60 Å². The van der Waals surface area contributed by atoms with Crippen LogP contribution in [0.3, 0.4) is 0 Å². The van der Waals surface area contributed by atoms with Gasteiger partial charge in [-0.1, -0.05) is 0 Å². The van der Waals surface area contributed by atoms with Crippen molar-refractivity contribution in [3.8, 4) is 0 Å². The largest absolute Gasteiger partial charge is 0.466 e. The van der Waals surface area contributed by atoms with E-state index in [9.17, 15) is 22.5 Å². The number of hydrogen-bond donors (Lipinski definition) is 3. The van der Waals surface area contributed by atoms with Crippen molar-refractivity contribution in [3.63, 3.8) is 0 Å². The minimum Gasteiger partial charge on any atom is -0.466 e. The zero-order chi connectivity index (χ0) is 11.8. The summed E-state index contributed by atoms with van der Waals surface area (Å²) in [6.45, 7) is 0. The predicted molar refractivity (Wildman–Crippen MR) is 35.1 cm³/mol. The SMILES string of the molecule is COC(=O)C(O)(C(F)(F)F)P(=O)(O)O. The van der Waals surface area contributed by atoms with Crippen LogP contribution in [0.25, 0.3) is 0 Å². The maximum absolute atomic E-state index is 12.0. The molecule has 3 N–H and O–H groups in total. The molecular weight excluding hydrogens is 232 g/mol. The molecule has 0 spiro atoms. The molecule has 0 saturated carbocycles. The van der Waals surface area contributed by atoms with Crippen LogP contribution in [0.5, 0.6) is 0 Å². The Labute approximate surface area is 75.5 Å². The van der Waals surface area contributed by atoms with Crippen LogP contribution in [0.4, 0.5) is 13.2 Å². The summed E-state index contributed by atoms with van der Waals surface area (Å²) >= 11 is 0. The molecule has 0 radical (unpaired) electrons. The molecule has 0 aliphatic rings. The Morgan fingerprint density at radius 3 is 1.79 bits per heavy atom. The molecule has 0 saturated heterocycles. The first-order chi connectivity index (χ1) is 5.98. The van der Waals surface area contributed by atoms with Gasteiger partial charge >= 0.3 is 25.1 Å². The zero-order valence-electron chi connectivity index (χ0n) is 6.65. The quantitative estimate of drug-likeness (QED) is 0.446. The van der Waals surface area contributed by atoms with Crippen LogP contribution in [0.1, 0.15) is 0 Å². The van der Waals surface area contributed by atoms with Gasteiger partial charge in [-0.15, -0.1) is 0 Å². The number of ether oxygens (including phenoxy) is 1. The minimum atomic E-state index is -6.13. The second-order valence-electron chi connectivity index (χ2n) is 2.21. The van der Waals surface area contributed by atoms with Crippen molar-refractivity contribution in [2.45, 2.75) is 11.5 Å². The Kier molecular flexibility index (Phi) is 3.34.